The molecule has 7 nitrogen and oxygen atoms in total. The fraction of sp³-hybridized carbons (Fsp3) is 0.769. The molecule has 1 aliphatic heterocycles. The smallest absolute Gasteiger partial charge is 0.233 e. The minimum Gasteiger partial charge on any atom is -0.336 e. The van der Waals surface area contributed by atoms with E-state index in [2.05, 4.69) is 24.2 Å². The third-order valence-corrected chi connectivity index (χ3v) is 4.71. The van der Waals surface area contributed by atoms with Gasteiger partial charge in [0.25, 0.3) is 0 Å². The zero-order valence-electron chi connectivity index (χ0n) is 12.8. The first-order valence-electron chi connectivity index (χ1n) is 7.53. The number of hydrogen-bond donors (Lipinski definition) is 2. The van der Waals surface area contributed by atoms with Crippen LogP contribution in [0.25, 0.3) is 0 Å². The lowest BCUT2D eigenvalue weighted by Crippen LogP contribution is -3.12. The molecule has 1 fully saturated rings. The molecule has 3 N–H and O–H groups in total. The maximum atomic E-state index is 12.2. The number of unbranched alkanes of at least 4 members (excludes halogenated alkanes) is 1. The van der Waals surface area contributed by atoms with Gasteiger partial charge in [0, 0.05) is 6.42 Å². The van der Waals surface area contributed by atoms with E-state index in [4.69, 9.17) is 5.84 Å². The lowest BCUT2D eigenvalue weighted by molar-refractivity contribution is -0.883. The number of piperazine rings is 1. The summed E-state index contributed by atoms with van der Waals surface area (Å²) in [6, 6.07) is 0. The van der Waals surface area contributed by atoms with Gasteiger partial charge in [0.1, 0.15) is 0 Å². The van der Waals surface area contributed by atoms with Crippen molar-refractivity contribution in [2.75, 3.05) is 44.8 Å². The average Bonchev–Trinajstić information content (AvgIpc) is 2.84. The predicted octanol–water partition coefficient (Wildman–Crippen LogP) is -1.22. The van der Waals surface area contributed by atoms with Crippen molar-refractivity contribution in [3.63, 3.8) is 0 Å². The summed E-state index contributed by atoms with van der Waals surface area (Å²) in [6.07, 6.45) is 2.97. The van der Waals surface area contributed by atoms with Crippen LogP contribution < -0.4 is 10.7 Å². The molecule has 8 heteroatoms. The van der Waals surface area contributed by atoms with Gasteiger partial charge in [-0.2, -0.15) is 0 Å². The molecule has 1 amide bonds. The minimum absolute atomic E-state index is 0.158. The van der Waals surface area contributed by atoms with Gasteiger partial charge >= 0.3 is 0 Å². The molecule has 0 saturated carbocycles. The second kappa shape index (κ2) is 7.65. The molecule has 1 aromatic heterocycles. The van der Waals surface area contributed by atoms with Crippen molar-refractivity contribution in [1.82, 2.24) is 19.8 Å². The summed E-state index contributed by atoms with van der Waals surface area (Å²) in [6.45, 7) is 5.84. The van der Waals surface area contributed by atoms with Crippen LogP contribution in [0.4, 0.5) is 0 Å². The summed E-state index contributed by atoms with van der Waals surface area (Å²) in [5, 5.41) is 8.79. The normalized spacial score (nSPS) is 16.4. The number of carbonyl (C=O) groups excluding carboxylic acids is 1. The number of amides is 1. The molecule has 1 saturated heterocycles. The Balaban J connectivity index is 1.82. The topological polar surface area (TPSA) is 81.5 Å². The van der Waals surface area contributed by atoms with Crippen LogP contribution in [0.2, 0.25) is 0 Å². The summed E-state index contributed by atoms with van der Waals surface area (Å²) < 4.78 is 1.52. The van der Waals surface area contributed by atoms with Crippen LogP contribution in [0.1, 0.15) is 25.6 Å². The van der Waals surface area contributed by atoms with Crippen molar-refractivity contribution < 1.29 is 9.69 Å². The van der Waals surface area contributed by atoms with Gasteiger partial charge in [-0.3, -0.25) is 4.79 Å². The quantitative estimate of drug-likeness (QED) is 0.508. The summed E-state index contributed by atoms with van der Waals surface area (Å²) in [5.41, 5.74) is 0. The largest absolute Gasteiger partial charge is 0.336 e. The van der Waals surface area contributed by atoms with Crippen LogP contribution in [0.15, 0.2) is 5.16 Å². The van der Waals surface area contributed by atoms with Crippen LogP contribution in [0, 0.1) is 0 Å². The monoisotopic (exact) mass is 313 g/mol. The Labute approximate surface area is 129 Å². The number of thioether (sulfide) groups is 1. The molecule has 2 heterocycles. The average molecular weight is 313 g/mol. The van der Waals surface area contributed by atoms with E-state index in [0.29, 0.717) is 10.9 Å². The Kier molecular flexibility index (Phi) is 5.86. The van der Waals surface area contributed by atoms with E-state index >= 15 is 0 Å². The highest BCUT2D eigenvalue weighted by molar-refractivity contribution is 7.99. The summed E-state index contributed by atoms with van der Waals surface area (Å²) >= 11 is 1.37. The molecule has 2 rings (SSSR count). The first-order valence-corrected chi connectivity index (χ1v) is 8.51. The Morgan fingerprint density at radius 3 is 2.76 bits per heavy atom. The van der Waals surface area contributed by atoms with E-state index in [0.717, 1.165) is 51.3 Å². The third-order valence-electron chi connectivity index (χ3n) is 3.78. The molecule has 21 heavy (non-hydrogen) atoms. The molecule has 0 spiro atoms. The number of rotatable bonds is 6. The standard InChI is InChI=1S/C13H24N6OS/c1-3-4-5-11-15-16-13(19(11)14)21-10-12(20)18-8-6-17(2)7-9-18/h3-10,14H2,1-2H3/p+1. The second-order valence-electron chi connectivity index (χ2n) is 5.50. The highest BCUT2D eigenvalue weighted by Gasteiger charge is 2.22. The number of likely N-dealkylation sites (N-methyl/N-ethyl adjacent to an activating group) is 1. The van der Waals surface area contributed by atoms with Gasteiger partial charge in [-0.1, -0.05) is 25.1 Å². The van der Waals surface area contributed by atoms with Crippen molar-refractivity contribution in [2.24, 2.45) is 0 Å². The first kappa shape index (κ1) is 16.1. The number of nitrogens with one attached hydrogen (secondary N) is 1. The Morgan fingerprint density at radius 2 is 2.10 bits per heavy atom. The summed E-state index contributed by atoms with van der Waals surface area (Å²) in [5.74, 6) is 7.29. The number of nitrogen functional groups attached to an aromatic ring is 1. The van der Waals surface area contributed by atoms with E-state index < -0.39 is 0 Å². The van der Waals surface area contributed by atoms with Crippen LogP contribution in [0.3, 0.4) is 0 Å². The van der Waals surface area contributed by atoms with E-state index in [1.807, 2.05) is 4.90 Å². The van der Waals surface area contributed by atoms with Crippen LogP contribution in [-0.2, 0) is 11.2 Å². The van der Waals surface area contributed by atoms with Gasteiger partial charge in [0.2, 0.25) is 11.1 Å². The van der Waals surface area contributed by atoms with E-state index in [-0.39, 0.29) is 5.91 Å². The first-order chi connectivity index (χ1) is 10.1. The molecule has 0 aromatic carbocycles. The highest BCUT2D eigenvalue weighted by Crippen LogP contribution is 2.16. The summed E-state index contributed by atoms with van der Waals surface area (Å²) in [4.78, 5) is 15.6. The maximum absolute atomic E-state index is 12.2. The number of quaternary nitrogens is 1. The fourth-order valence-electron chi connectivity index (χ4n) is 2.27. The van der Waals surface area contributed by atoms with Gasteiger partial charge in [-0.05, 0) is 6.42 Å². The zero-order chi connectivity index (χ0) is 15.2. The van der Waals surface area contributed by atoms with Crippen LogP contribution in [-0.4, -0.2) is 64.7 Å². The molecule has 0 unspecified atom stereocenters. The molecule has 0 radical (unpaired) electrons. The number of hydrogen-bond acceptors (Lipinski definition) is 5. The lowest BCUT2D eigenvalue weighted by atomic mass is 10.2. The van der Waals surface area contributed by atoms with Crippen molar-refractivity contribution >= 4 is 17.7 Å². The van der Waals surface area contributed by atoms with E-state index in [1.165, 1.54) is 21.3 Å². The molecule has 0 bridgehead atoms. The van der Waals surface area contributed by atoms with Crippen molar-refractivity contribution in [3.05, 3.63) is 5.82 Å². The van der Waals surface area contributed by atoms with Crippen LogP contribution in [0.5, 0.6) is 0 Å². The molecule has 0 aliphatic carbocycles. The number of nitrogens with zero attached hydrogens (tertiary/aromatic N) is 4. The number of aryl methyl sites for hydroxylation is 1. The molecule has 1 aliphatic rings. The Morgan fingerprint density at radius 1 is 1.38 bits per heavy atom. The van der Waals surface area contributed by atoms with Crippen molar-refractivity contribution in [1.29, 1.82) is 0 Å². The Hall–Kier alpha value is -1.28. The van der Waals surface area contributed by atoms with Crippen molar-refractivity contribution in [3.8, 4) is 0 Å². The second-order valence-corrected chi connectivity index (χ2v) is 6.44. The molecule has 1 aromatic rings. The third kappa shape index (κ3) is 4.34. The van der Waals surface area contributed by atoms with Gasteiger partial charge in [0.15, 0.2) is 5.82 Å². The van der Waals surface area contributed by atoms with Crippen LogP contribution >= 0.6 is 11.8 Å². The molecule has 118 valence electrons. The van der Waals surface area contributed by atoms with E-state index in [1.54, 1.807) is 0 Å². The Bertz CT molecular complexity index is 469. The number of aromatic nitrogens is 3. The maximum Gasteiger partial charge on any atom is 0.233 e. The molecular formula is C13H25N6OS+. The molecule has 0 atom stereocenters. The number of nitrogens with two attached hydrogens (primary N) is 1. The van der Waals surface area contributed by atoms with Gasteiger partial charge in [-0.25, -0.2) is 4.68 Å². The lowest BCUT2D eigenvalue weighted by Gasteiger charge is -2.29. The van der Waals surface area contributed by atoms with E-state index in [9.17, 15) is 4.79 Å². The highest BCUT2D eigenvalue weighted by atomic mass is 32.2. The molecular weight excluding hydrogens is 288 g/mol. The minimum atomic E-state index is 0.158. The number of carbonyl (C=O) groups is 1. The predicted molar refractivity (Wildman–Crippen MR) is 82.7 cm³/mol. The van der Waals surface area contributed by atoms with Crippen molar-refractivity contribution in [2.45, 2.75) is 31.3 Å². The van der Waals surface area contributed by atoms with Gasteiger partial charge in [0.05, 0.1) is 39.0 Å². The van der Waals surface area contributed by atoms with Gasteiger partial charge in [-0.15, -0.1) is 10.2 Å². The van der Waals surface area contributed by atoms with Gasteiger partial charge < -0.3 is 15.6 Å². The fourth-order valence-corrected chi connectivity index (χ4v) is 3.04. The zero-order valence-corrected chi connectivity index (χ0v) is 13.7. The summed E-state index contributed by atoms with van der Waals surface area (Å²) in [7, 11) is 2.16. The SMILES string of the molecule is CCCCc1nnc(SCC(=O)N2CC[NH+](C)CC2)n1N.